The van der Waals surface area contributed by atoms with Crippen molar-refractivity contribution in [3.63, 3.8) is 0 Å². The van der Waals surface area contributed by atoms with Crippen LogP contribution in [0.3, 0.4) is 0 Å². The fourth-order valence-corrected chi connectivity index (χ4v) is 2.76. The van der Waals surface area contributed by atoms with E-state index in [9.17, 15) is 14.7 Å². The SMILES string of the molecule is O=C(NCCC#Cc1cccc2c(C(=O)O)cccc12)OCc1ccccc1. The maximum absolute atomic E-state index is 11.7. The van der Waals surface area contributed by atoms with Crippen LogP contribution < -0.4 is 5.32 Å². The minimum absolute atomic E-state index is 0.222. The van der Waals surface area contributed by atoms with Crippen molar-refractivity contribution in [3.05, 3.63) is 83.4 Å². The Balaban J connectivity index is 1.54. The molecule has 0 bridgehead atoms. The molecule has 3 rings (SSSR count). The Morgan fingerprint density at radius 2 is 1.68 bits per heavy atom. The van der Waals surface area contributed by atoms with Crippen molar-refractivity contribution in [2.24, 2.45) is 0 Å². The van der Waals surface area contributed by atoms with E-state index < -0.39 is 12.1 Å². The molecule has 3 aromatic rings. The van der Waals surface area contributed by atoms with Crippen molar-refractivity contribution in [2.45, 2.75) is 13.0 Å². The number of carbonyl (C=O) groups excluding carboxylic acids is 1. The van der Waals surface area contributed by atoms with Crippen LogP contribution in [0, 0.1) is 11.8 Å². The summed E-state index contributed by atoms with van der Waals surface area (Å²) in [6, 6.07) is 20.0. The summed E-state index contributed by atoms with van der Waals surface area (Å²) >= 11 is 0. The fraction of sp³-hybridized carbons (Fsp3) is 0.130. The summed E-state index contributed by atoms with van der Waals surface area (Å²) in [6.45, 7) is 0.589. The van der Waals surface area contributed by atoms with Crippen LogP contribution in [-0.2, 0) is 11.3 Å². The average Bonchev–Trinajstić information content (AvgIpc) is 2.72. The van der Waals surface area contributed by atoms with E-state index in [2.05, 4.69) is 17.2 Å². The highest BCUT2D eigenvalue weighted by Gasteiger charge is 2.09. The second-order valence-corrected chi connectivity index (χ2v) is 6.05. The van der Waals surface area contributed by atoms with Gasteiger partial charge in [-0.15, -0.1) is 0 Å². The van der Waals surface area contributed by atoms with Crippen molar-refractivity contribution in [3.8, 4) is 11.8 Å². The van der Waals surface area contributed by atoms with Crippen molar-refractivity contribution in [2.75, 3.05) is 6.54 Å². The van der Waals surface area contributed by atoms with Crippen LogP contribution in [0.1, 0.15) is 27.9 Å². The van der Waals surface area contributed by atoms with Crippen LogP contribution in [0.4, 0.5) is 4.79 Å². The van der Waals surface area contributed by atoms with E-state index in [-0.39, 0.29) is 12.2 Å². The molecule has 5 heteroatoms. The number of benzene rings is 3. The molecule has 140 valence electrons. The zero-order valence-electron chi connectivity index (χ0n) is 15.1. The number of hydrogen-bond acceptors (Lipinski definition) is 3. The highest BCUT2D eigenvalue weighted by molar-refractivity contribution is 6.05. The maximum atomic E-state index is 11.7. The average molecular weight is 373 g/mol. The van der Waals surface area contributed by atoms with Gasteiger partial charge in [-0.2, -0.15) is 0 Å². The molecule has 0 heterocycles. The third-order valence-electron chi connectivity index (χ3n) is 4.11. The van der Waals surface area contributed by atoms with E-state index in [0.29, 0.717) is 18.4 Å². The number of hydrogen-bond donors (Lipinski definition) is 2. The predicted octanol–water partition coefficient (Wildman–Crippen LogP) is 4.21. The highest BCUT2D eigenvalue weighted by atomic mass is 16.5. The first-order valence-electron chi connectivity index (χ1n) is 8.83. The van der Waals surface area contributed by atoms with Gasteiger partial charge in [-0.1, -0.05) is 66.4 Å². The van der Waals surface area contributed by atoms with Gasteiger partial charge in [0.1, 0.15) is 6.61 Å². The van der Waals surface area contributed by atoms with Crippen LogP contribution in [0.15, 0.2) is 66.7 Å². The number of carbonyl (C=O) groups is 2. The van der Waals surface area contributed by atoms with Crippen LogP contribution >= 0.6 is 0 Å². The van der Waals surface area contributed by atoms with Gasteiger partial charge >= 0.3 is 12.1 Å². The molecule has 0 fully saturated rings. The van der Waals surface area contributed by atoms with E-state index in [4.69, 9.17) is 4.74 Å². The van der Waals surface area contributed by atoms with Crippen LogP contribution in [-0.4, -0.2) is 23.7 Å². The highest BCUT2D eigenvalue weighted by Crippen LogP contribution is 2.22. The molecule has 0 saturated carbocycles. The number of ether oxygens (including phenoxy) is 1. The number of rotatable bonds is 5. The normalized spacial score (nSPS) is 10.0. The molecule has 0 aromatic heterocycles. The summed E-state index contributed by atoms with van der Waals surface area (Å²) in [4.78, 5) is 23.0. The number of aromatic carboxylic acids is 1. The Labute approximate surface area is 163 Å². The fourth-order valence-electron chi connectivity index (χ4n) is 2.76. The number of carboxylic acid groups (broad SMARTS) is 1. The van der Waals surface area contributed by atoms with Crippen molar-refractivity contribution < 1.29 is 19.4 Å². The van der Waals surface area contributed by atoms with Gasteiger partial charge in [0.15, 0.2) is 0 Å². The van der Waals surface area contributed by atoms with Gasteiger partial charge < -0.3 is 15.2 Å². The number of carboxylic acids is 1. The van der Waals surface area contributed by atoms with Gasteiger partial charge in [0, 0.05) is 18.5 Å². The smallest absolute Gasteiger partial charge is 0.407 e. The lowest BCUT2D eigenvalue weighted by atomic mass is 10.0. The first-order valence-corrected chi connectivity index (χ1v) is 8.83. The summed E-state index contributed by atoms with van der Waals surface area (Å²) < 4.78 is 5.13. The lowest BCUT2D eigenvalue weighted by Gasteiger charge is -2.05. The molecule has 5 nitrogen and oxygen atoms in total. The molecular formula is C23H19NO4. The van der Waals surface area contributed by atoms with Gasteiger partial charge in [-0.05, 0) is 28.5 Å². The number of alkyl carbamates (subject to hydrolysis) is 1. The molecule has 0 aliphatic rings. The molecule has 0 radical (unpaired) electrons. The summed E-state index contributed by atoms with van der Waals surface area (Å²) in [6.07, 6.45) is -0.0305. The van der Waals surface area contributed by atoms with E-state index in [1.54, 1.807) is 24.3 Å². The summed E-state index contributed by atoms with van der Waals surface area (Å²) in [7, 11) is 0. The van der Waals surface area contributed by atoms with Crippen LogP contribution in [0.25, 0.3) is 10.8 Å². The zero-order valence-corrected chi connectivity index (χ0v) is 15.1. The summed E-state index contributed by atoms with van der Waals surface area (Å²) in [5.41, 5.74) is 1.94. The molecule has 0 atom stereocenters. The quantitative estimate of drug-likeness (QED) is 0.519. The van der Waals surface area contributed by atoms with Gasteiger partial charge in [-0.3, -0.25) is 0 Å². The second kappa shape index (κ2) is 9.24. The molecule has 0 unspecified atom stereocenters. The molecule has 28 heavy (non-hydrogen) atoms. The zero-order chi connectivity index (χ0) is 19.8. The third-order valence-corrected chi connectivity index (χ3v) is 4.11. The first kappa shape index (κ1) is 19.0. The standard InChI is InChI=1S/C23H19NO4/c25-22(26)21-14-7-12-19-18(11-6-13-20(19)21)10-4-5-15-24-23(27)28-16-17-8-2-1-3-9-17/h1-3,6-9,11-14H,5,15-16H2,(H,24,27)(H,25,26). The number of nitrogens with one attached hydrogen (secondary N) is 1. The minimum atomic E-state index is -0.964. The van der Waals surface area contributed by atoms with E-state index in [1.165, 1.54) is 0 Å². The molecule has 1 amide bonds. The Kier molecular flexibility index (Phi) is 6.27. The molecule has 3 aromatic carbocycles. The largest absolute Gasteiger partial charge is 0.478 e. The molecule has 0 aliphatic heterocycles. The van der Waals surface area contributed by atoms with Crippen molar-refractivity contribution >= 4 is 22.8 Å². The third kappa shape index (κ3) is 4.89. The monoisotopic (exact) mass is 373 g/mol. The first-order chi connectivity index (χ1) is 13.6. The Morgan fingerprint density at radius 1 is 0.929 bits per heavy atom. The second-order valence-electron chi connectivity index (χ2n) is 6.05. The van der Waals surface area contributed by atoms with Crippen molar-refractivity contribution in [1.82, 2.24) is 5.32 Å². The number of fused-ring (bicyclic) bond motifs is 1. The molecular weight excluding hydrogens is 354 g/mol. The van der Waals surface area contributed by atoms with Crippen LogP contribution in [0.5, 0.6) is 0 Å². The predicted molar refractivity (Wildman–Crippen MR) is 107 cm³/mol. The van der Waals surface area contributed by atoms with Crippen LogP contribution in [0.2, 0.25) is 0 Å². The maximum Gasteiger partial charge on any atom is 0.407 e. The van der Waals surface area contributed by atoms with Gasteiger partial charge in [0.2, 0.25) is 0 Å². The van der Waals surface area contributed by atoms with E-state index in [0.717, 1.165) is 16.5 Å². The minimum Gasteiger partial charge on any atom is -0.478 e. The Bertz CT molecular complexity index is 1050. The summed E-state index contributed by atoms with van der Waals surface area (Å²) in [5.74, 6) is 5.09. The van der Waals surface area contributed by atoms with E-state index in [1.807, 2.05) is 42.5 Å². The Morgan fingerprint density at radius 3 is 2.46 bits per heavy atom. The Hall–Kier alpha value is -3.78. The topological polar surface area (TPSA) is 75.6 Å². The molecule has 2 N–H and O–H groups in total. The lowest BCUT2D eigenvalue weighted by Crippen LogP contribution is -2.24. The number of amides is 1. The van der Waals surface area contributed by atoms with Gasteiger partial charge in [0.05, 0.1) is 5.56 Å². The molecule has 0 aliphatic carbocycles. The molecule has 0 saturated heterocycles. The van der Waals surface area contributed by atoms with E-state index >= 15 is 0 Å². The summed E-state index contributed by atoms with van der Waals surface area (Å²) in [5, 5.41) is 13.4. The van der Waals surface area contributed by atoms with Gasteiger partial charge in [0.25, 0.3) is 0 Å². The van der Waals surface area contributed by atoms with Crippen molar-refractivity contribution in [1.29, 1.82) is 0 Å². The van der Waals surface area contributed by atoms with Gasteiger partial charge in [-0.25, -0.2) is 9.59 Å². The molecule has 0 spiro atoms. The lowest BCUT2D eigenvalue weighted by molar-refractivity contribution is 0.0699.